The molecule has 2 rings (SSSR count). The molecule has 0 aromatic heterocycles. The van der Waals surface area contributed by atoms with Crippen LogP contribution in [-0.4, -0.2) is 67.5 Å². The molecule has 0 bridgehead atoms. The minimum Gasteiger partial charge on any atom is -0.344 e. The van der Waals surface area contributed by atoms with Crippen molar-refractivity contribution < 1.29 is 14.3 Å². The van der Waals surface area contributed by atoms with E-state index in [0.29, 0.717) is 26.3 Å². The van der Waals surface area contributed by atoms with Crippen molar-refractivity contribution >= 4 is 5.91 Å². The number of nitrogens with one attached hydrogen (secondary N) is 1. The molecule has 1 saturated carbocycles. The Labute approximate surface area is 190 Å². The van der Waals surface area contributed by atoms with E-state index in [9.17, 15) is 4.79 Å². The fraction of sp³-hybridized carbons (Fsp3) is 0.880. The van der Waals surface area contributed by atoms with E-state index in [-0.39, 0.29) is 22.7 Å². The molecule has 0 spiro atoms. The molecule has 0 aromatic rings. The van der Waals surface area contributed by atoms with E-state index in [0.717, 1.165) is 25.7 Å². The van der Waals surface area contributed by atoms with Crippen LogP contribution < -0.4 is 5.43 Å². The highest BCUT2D eigenvalue weighted by Crippen LogP contribution is 2.53. The third kappa shape index (κ3) is 5.52. The van der Waals surface area contributed by atoms with Crippen molar-refractivity contribution in [1.29, 1.82) is 0 Å². The quantitative estimate of drug-likeness (QED) is 0.455. The van der Waals surface area contributed by atoms with Gasteiger partial charge in [0, 0.05) is 32.6 Å². The van der Waals surface area contributed by atoms with E-state index in [4.69, 9.17) is 9.47 Å². The second-order valence-electron chi connectivity index (χ2n) is 11.1. The fourth-order valence-electron chi connectivity index (χ4n) is 5.08. The Bertz CT molecular complexity index is 630. The zero-order valence-electron chi connectivity index (χ0n) is 21.5. The highest BCUT2D eigenvalue weighted by molar-refractivity contribution is 5.81. The van der Waals surface area contributed by atoms with Crippen molar-refractivity contribution in [2.45, 2.75) is 85.5 Å². The van der Waals surface area contributed by atoms with Gasteiger partial charge in [0.1, 0.15) is 5.54 Å². The maximum Gasteiger partial charge on any atom is 0.227 e. The molecule has 6 heteroatoms. The van der Waals surface area contributed by atoms with E-state index in [1.165, 1.54) is 0 Å². The number of allylic oxidation sites excluding steroid dienone is 1. The van der Waals surface area contributed by atoms with Crippen molar-refractivity contribution in [3.8, 4) is 0 Å². The highest BCUT2D eigenvalue weighted by atomic mass is 16.7. The van der Waals surface area contributed by atoms with Crippen LogP contribution in [0, 0.1) is 16.7 Å². The first-order valence-corrected chi connectivity index (χ1v) is 12.1. The third-order valence-corrected chi connectivity index (χ3v) is 6.89. The normalized spacial score (nSPS) is 29.9. The molecular formula is C25H47N3O3. The molecule has 2 atom stereocenters. The van der Waals surface area contributed by atoms with Gasteiger partial charge in [-0.15, -0.1) is 0 Å². The van der Waals surface area contributed by atoms with Crippen molar-refractivity contribution in [2.24, 2.45) is 16.7 Å². The largest absolute Gasteiger partial charge is 0.344 e. The molecule has 1 aliphatic carbocycles. The Morgan fingerprint density at radius 3 is 2.06 bits per heavy atom. The van der Waals surface area contributed by atoms with Gasteiger partial charge in [-0.05, 0) is 51.0 Å². The lowest BCUT2D eigenvalue weighted by molar-refractivity contribution is -0.324. The van der Waals surface area contributed by atoms with Gasteiger partial charge in [0.2, 0.25) is 11.7 Å². The van der Waals surface area contributed by atoms with Crippen LogP contribution in [0.25, 0.3) is 0 Å². The summed E-state index contributed by atoms with van der Waals surface area (Å²) in [6.07, 6.45) is 7.67. The SMILES string of the molecule is CC/C=C\C1([C@@]2(NN(C)C)CCC(C)(C)C[C@@H]2C(=O)N(CC)CC)OCC(C)(C)CO1. The predicted molar refractivity (Wildman–Crippen MR) is 126 cm³/mol. The van der Waals surface area contributed by atoms with E-state index in [1.54, 1.807) is 0 Å². The second kappa shape index (κ2) is 9.90. The summed E-state index contributed by atoms with van der Waals surface area (Å²) in [4.78, 5) is 15.9. The molecule has 1 heterocycles. The molecule has 6 nitrogen and oxygen atoms in total. The highest BCUT2D eigenvalue weighted by Gasteiger charge is 2.64. The molecule has 2 aliphatic rings. The summed E-state index contributed by atoms with van der Waals surface area (Å²) in [5.41, 5.74) is 3.03. The number of rotatable bonds is 8. The first-order valence-electron chi connectivity index (χ1n) is 12.1. The molecule has 1 saturated heterocycles. The fourth-order valence-corrected chi connectivity index (χ4v) is 5.08. The van der Waals surface area contributed by atoms with Crippen molar-refractivity contribution in [3.63, 3.8) is 0 Å². The average molecular weight is 438 g/mol. The molecular weight excluding hydrogens is 390 g/mol. The molecule has 1 aliphatic heterocycles. The summed E-state index contributed by atoms with van der Waals surface area (Å²) in [5, 5.41) is 1.97. The number of hydrazine groups is 1. The van der Waals surface area contributed by atoms with Gasteiger partial charge in [-0.25, -0.2) is 10.4 Å². The maximum atomic E-state index is 14.0. The monoisotopic (exact) mass is 437 g/mol. The maximum absolute atomic E-state index is 14.0. The average Bonchev–Trinajstić information content (AvgIpc) is 2.69. The van der Waals surface area contributed by atoms with Gasteiger partial charge >= 0.3 is 0 Å². The number of hydrogen-bond donors (Lipinski definition) is 1. The van der Waals surface area contributed by atoms with E-state index < -0.39 is 11.3 Å². The van der Waals surface area contributed by atoms with Crippen LogP contribution in [0.2, 0.25) is 0 Å². The van der Waals surface area contributed by atoms with Crippen LogP contribution in [0.15, 0.2) is 12.2 Å². The second-order valence-corrected chi connectivity index (χ2v) is 11.1. The molecule has 1 N–H and O–H groups in total. The van der Waals surface area contributed by atoms with Gasteiger partial charge in [-0.2, -0.15) is 0 Å². The summed E-state index contributed by atoms with van der Waals surface area (Å²) in [6, 6.07) is 0. The lowest BCUT2D eigenvalue weighted by atomic mass is 9.59. The number of carbonyl (C=O) groups is 1. The molecule has 2 fully saturated rings. The summed E-state index contributed by atoms with van der Waals surface area (Å²) >= 11 is 0. The summed E-state index contributed by atoms with van der Waals surface area (Å²) in [6.45, 7) is 17.7. The van der Waals surface area contributed by atoms with Crippen LogP contribution >= 0.6 is 0 Å². The van der Waals surface area contributed by atoms with E-state index >= 15 is 0 Å². The van der Waals surface area contributed by atoms with E-state index in [2.05, 4.69) is 66.0 Å². The standard InChI is InChI=1S/C25H47N3O3/c1-10-13-14-25(30-18-23(6,7)19-31-25)24(26-27(8)9)16-15-22(4,5)17-20(24)21(29)28(11-2)12-3/h13-14,20,26H,10-12,15-19H2,1-9H3/b14-13-/t20-,24-/m1/s1. The van der Waals surface area contributed by atoms with Crippen molar-refractivity contribution in [2.75, 3.05) is 40.4 Å². The number of nitrogens with zero attached hydrogens (tertiary/aromatic N) is 2. The van der Waals surface area contributed by atoms with Crippen molar-refractivity contribution in [3.05, 3.63) is 12.2 Å². The summed E-state index contributed by atoms with van der Waals surface area (Å²) in [7, 11) is 3.98. The number of hydrogen-bond acceptors (Lipinski definition) is 5. The Kier molecular flexibility index (Phi) is 8.40. The minimum absolute atomic E-state index is 0.0603. The van der Waals surface area contributed by atoms with Crippen LogP contribution in [0.1, 0.15) is 74.1 Å². The first kappa shape index (κ1) is 26.3. The Morgan fingerprint density at radius 2 is 1.58 bits per heavy atom. The predicted octanol–water partition coefficient (Wildman–Crippen LogP) is 4.22. The number of carbonyl (C=O) groups excluding carboxylic acids is 1. The van der Waals surface area contributed by atoms with Gasteiger partial charge in [-0.3, -0.25) is 4.79 Å². The van der Waals surface area contributed by atoms with Gasteiger partial charge in [0.05, 0.1) is 19.1 Å². The zero-order chi connectivity index (χ0) is 23.5. The Hall–Kier alpha value is -0.950. The van der Waals surface area contributed by atoms with Gasteiger partial charge in [0.15, 0.2) is 0 Å². The third-order valence-electron chi connectivity index (χ3n) is 6.89. The van der Waals surface area contributed by atoms with Crippen LogP contribution in [0.3, 0.4) is 0 Å². The van der Waals surface area contributed by atoms with Crippen LogP contribution in [0.4, 0.5) is 0 Å². The first-order chi connectivity index (χ1) is 14.4. The molecule has 0 aromatic carbocycles. The Morgan fingerprint density at radius 1 is 1.00 bits per heavy atom. The van der Waals surface area contributed by atoms with Gasteiger partial charge in [0.25, 0.3) is 0 Å². The lowest BCUT2D eigenvalue weighted by Crippen LogP contribution is -2.75. The van der Waals surface area contributed by atoms with Gasteiger partial charge in [-0.1, -0.05) is 40.7 Å². The smallest absolute Gasteiger partial charge is 0.227 e. The van der Waals surface area contributed by atoms with E-state index in [1.807, 2.05) is 24.0 Å². The zero-order valence-corrected chi connectivity index (χ0v) is 21.5. The Balaban J connectivity index is 2.67. The van der Waals surface area contributed by atoms with Crippen LogP contribution in [-0.2, 0) is 14.3 Å². The topological polar surface area (TPSA) is 54.0 Å². The molecule has 0 unspecified atom stereocenters. The van der Waals surface area contributed by atoms with Crippen LogP contribution in [0.5, 0.6) is 0 Å². The number of amides is 1. The molecule has 31 heavy (non-hydrogen) atoms. The number of ether oxygens (including phenoxy) is 2. The minimum atomic E-state index is -0.993. The lowest BCUT2D eigenvalue weighted by Gasteiger charge is -2.59. The summed E-state index contributed by atoms with van der Waals surface area (Å²) < 4.78 is 13.3. The van der Waals surface area contributed by atoms with Gasteiger partial charge < -0.3 is 14.4 Å². The molecule has 1 amide bonds. The molecule has 180 valence electrons. The van der Waals surface area contributed by atoms with Crippen molar-refractivity contribution in [1.82, 2.24) is 15.3 Å². The summed E-state index contributed by atoms with van der Waals surface area (Å²) in [5.74, 6) is -1.07. The molecule has 0 radical (unpaired) electrons.